The molecule has 1 aromatic carbocycles. The number of rotatable bonds is 4. The fourth-order valence-corrected chi connectivity index (χ4v) is 2.87. The van der Waals surface area contributed by atoms with Crippen LogP contribution in [0, 0.1) is 11.8 Å². The molecule has 20 heavy (non-hydrogen) atoms. The standard InChI is InChI=1S/C17H26N2O/c1-13(2)19(12-15-7-5-4-6-8-15)17(20)16-9-14(3)10-18-11-16/h4-8,13-14,16,18H,9-12H2,1-3H3. The van der Waals surface area contributed by atoms with Crippen LogP contribution in [0.25, 0.3) is 0 Å². The average molecular weight is 274 g/mol. The van der Waals surface area contributed by atoms with Gasteiger partial charge in [0.2, 0.25) is 5.91 Å². The van der Waals surface area contributed by atoms with Gasteiger partial charge in [-0.15, -0.1) is 0 Å². The second-order valence-electron chi connectivity index (χ2n) is 6.24. The average Bonchev–Trinajstić information content (AvgIpc) is 2.45. The summed E-state index contributed by atoms with van der Waals surface area (Å²) < 4.78 is 0. The van der Waals surface area contributed by atoms with E-state index >= 15 is 0 Å². The van der Waals surface area contributed by atoms with Crippen molar-refractivity contribution < 1.29 is 4.79 Å². The summed E-state index contributed by atoms with van der Waals surface area (Å²) in [6.45, 7) is 8.97. The molecule has 0 spiro atoms. The normalized spacial score (nSPS) is 22.8. The number of hydrogen-bond donors (Lipinski definition) is 1. The highest BCUT2D eigenvalue weighted by molar-refractivity contribution is 5.79. The van der Waals surface area contributed by atoms with Crippen LogP contribution < -0.4 is 5.32 Å². The highest BCUT2D eigenvalue weighted by Crippen LogP contribution is 2.20. The molecule has 110 valence electrons. The van der Waals surface area contributed by atoms with Crippen LogP contribution in [0.15, 0.2) is 30.3 Å². The van der Waals surface area contributed by atoms with Gasteiger partial charge in [0.1, 0.15) is 0 Å². The van der Waals surface area contributed by atoms with Gasteiger partial charge in [0.15, 0.2) is 0 Å². The maximum Gasteiger partial charge on any atom is 0.227 e. The molecule has 1 fully saturated rings. The van der Waals surface area contributed by atoms with Gasteiger partial charge in [-0.3, -0.25) is 4.79 Å². The minimum absolute atomic E-state index is 0.130. The maximum atomic E-state index is 12.8. The van der Waals surface area contributed by atoms with Crippen molar-refractivity contribution in [1.82, 2.24) is 10.2 Å². The molecule has 3 nitrogen and oxygen atoms in total. The molecule has 0 saturated carbocycles. The molecular formula is C17H26N2O. The summed E-state index contributed by atoms with van der Waals surface area (Å²) in [7, 11) is 0. The number of carbonyl (C=O) groups excluding carboxylic acids is 1. The lowest BCUT2D eigenvalue weighted by Crippen LogP contribution is -2.47. The summed E-state index contributed by atoms with van der Waals surface area (Å²) in [4.78, 5) is 14.8. The number of amides is 1. The molecule has 2 unspecified atom stereocenters. The SMILES string of the molecule is CC1CNCC(C(=O)N(Cc2ccccc2)C(C)C)C1. The van der Waals surface area contributed by atoms with E-state index in [1.54, 1.807) is 0 Å². The smallest absolute Gasteiger partial charge is 0.227 e. The van der Waals surface area contributed by atoms with Crippen LogP contribution in [0.4, 0.5) is 0 Å². The van der Waals surface area contributed by atoms with E-state index in [2.05, 4.69) is 38.2 Å². The van der Waals surface area contributed by atoms with E-state index < -0.39 is 0 Å². The molecule has 2 atom stereocenters. The molecule has 1 aliphatic rings. The van der Waals surface area contributed by atoms with Crippen molar-refractivity contribution in [1.29, 1.82) is 0 Å². The number of piperidine rings is 1. The molecule has 0 bridgehead atoms. The van der Waals surface area contributed by atoms with E-state index in [0.29, 0.717) is 18.4 Å². The summed E-state index contributed by atoms with van der Waals surface area (Å²) >= 11 is 0. The van der Waals surface area contributed by atoms with Crippen molar-refractivity contribution >= 4 is 5.91 Å². The summed E-state index contributed by atoms with van der Waals surface area (Å²) in [5.41, 5.74) is 1.20. The molecule has 0 aromatic heterocycles. The predicted octanol–water partition coefficient (Wildman–Crippen LogP) is 2.67. The Bertz CT molecular complexity index is 430. The number of nitrogens with one attached hydrogen (secondary N) is 1. The molecule has 1 N–H and O–H groups in total. The summed E-state index contributed by atoms with van der Waals surface area (Å²) in [6, 6.07) is 10.5. The van der Waals surface area contributed by atoms with Gasteiger partial charge in [-0.05, 0) is 38.3 Å². The third-order valence-corrected chi connectivity index (χ3v) is 4.02. The zero-order valence-electron chi connectivity index (χ0n) is 12.8. The summed E-state index contributed by atoms with van der Waals surface area (Å²) in [6.07, 6.45) is 1.00. The van der Waals surface area contributed by atoms with Gasteiger partial charge < -0.3 is 10.2 Å². The van der Waals surface area contributed by atoms with Gasteiger partial charge >= 0.3 is 0 Å². The molecule has 2 rings (SSSR count). The Hall–Kier alpha value is -1.35. The molecule has 0 radical (unpaired) electrons. The number of hydrogen-bond acceptors (Lipinski definition) is 2. The van der Waals surface area contributed by atoms with E-state index in [1.807, 2.05) is 23.1 Å². The third-order valence-electron chi connectivity index (χ3n) is 4.02. The molecule has 1 saturated heterocycles. The van der Waals surface area contributed by atoms with E-state index in [0.717, 1.165) is 19.5 Å². The Morgan fingerprint density at radius 1 is 1.30 bits per heavy atom. The first-order valence-corrected chi connectivity index (χ1v) is 7.63. The Morgan fingerprint density at radius 2 is 2.00 bits per heavy atom. The highest BCUT2D eigenvalue weighted by atomic mass is 16.2. The topological polar surface area (TPSA) is 32.3 Å². The van der Waals surface area contributed by atoms with Crippen molar-refractivity contribution in [3.05, 3.63) is 35.9 Å². The van der Waals surface area contributed by atoms with Gasteiger partial charge in [0.05, 0.1) is 5.92 Å². The fraction of sp³-hybridized carbons (Fsp3) is 0.588. The van der Waals surface area contributed by atoms with Crippen LogP contribution >= 0.6 is 0 Å². The van der Waals surface area contributed by atoms with Gasteiger partial charge in [-0.25, -0.2) is 0 Å². The second kappa shape index (κ2) is 6.89. The lowest BCUT2D eigenvalue weighted by Gasteiger charge is -2.34. The number of nitrogens with zero attached hydrogens (tertiary/aromatic N) is 1. The van der Waals surface area contributed by atoms with Gasteiger partial charge in [0.25, 0.3) is 0 Å². The molecule has 1 aliphatic heterocycles. The van der Waals surface area contributed by atoms with Gasteiger partial charge in [-0.2, -0.15) is 0 Å². The predicted molar refractivity (Wildman–Crippen MR) is 82.3 cm³/mol. The van der Waals surface area contributed by atoms with E-state index in [9.17, 15) is 4.79 Å². The monoisotopic (exact) mass is 274 g/mol. The maximum absolute atomic E-state index is 12.8. The first kappa shape index (κ1) is 15.0. The molecule has 0 aliphatic carbocycles. The van der Waals surface area contributed by atoms with Crippen LogP contribution in [0.1, 0.15) is 32.8 Å². The first-order chi connectivity index (χ1) is 9.58. The first-order valence-electron chi connectivity index (χ1n) is 7.63. The molecule has 1 heterocycles. The van der Waals surface area contributed by atoms with Crippen molar-refractivity contribution in [2.75, 3.05) is 13.1 Å². The number of carbonyl (C=O) groups is 1. The molecule has 1 amide bonds. The van der Waals surface area contributed by atoms with E-state index in [4.69, 9.17) is 0 Å². The van der Waals surface area contributed by atoms with Gasteiger partial charge in [0, 0.05) is 19.1 Å². The van der Waals surface area contributed by atoms with E-state index in [1.165, 1.54) is 5.56 Å². The van der Waals surface area contributed by atoms with Crippen molar-refractivity contribution in [2.45, 2.75) is 39.8 Å². The molecule has 3 heteroatoms. The zero-order valence-corrected chi connectivity index (χ0v) is 12.8. The Kier molecular flexibility index (Phi) is 5.18. The van der Waals surface area contributed by atoms with E-state index in [-0.39, 0.29) is 12.0 Å². The van der Waals surface area contributed by atoms with Crippen LogP contribution in [0.2, 0.25) is 0 Å². The van der Waals surface area contributed by atoms with Crippen molar-refractivity contribution in [3.63, 3.8) is 0 Å². The minimum atomic E-state index is 0.130. The van der Waals surface area contributed by atoms with Crippen LogP contribution in [-0.4, -0.2) is 29.9 Å². The zero-order chi connectivity index (χ0) is 14.5. The molecule has 1 aromatic rings. The van der Waals surface area contributed by atoms with Gasteiger partial charge in [-0.1, -0.05) is 37.3 Å². The summed E-state index contributed by atoms with van der Waals surface area (Å²) in [5.74, 6) is 1.01. The van der Waals surface area contributed by atoms with Crippen LogP contribution in [0.5, 0.6) is 0 Å². The summed E-state index contributed by atoms with van der Waals surface area (Å²) in [5, 5.41) is 3.38. The second-order valence-corrected chi connectivity index (χ2v) is 6.24. The quantitative estimate of drug-likeness (QED) is 0.915. The highest BCUT2D eigenvalue weighted by Gasteiger charge is 2.29. The van der Waals surface area contributed by atoms with Crippen LogP contribution in [-0.2, 0) is 11.3 Å². The lowest BCUT2D eigenvalue weighted by atomic mass is 9.90. The Morgan fingerprint density at radius 3 is 2.60 bits per heavy atom. The molecular weight excluding hydrogens is 248 g/mol. The van der Waals surface area contributed by atoms with Crippen LogP contribution in [0.3, 0.4) is 0 Å². The minimum Gasteiger partial charge on any atom is -0.336 e. The van der Waals surface area contributed by atoms with Crippen molar-refractivity contribution in [3.8, 4) is 0 Å². The number of benzene rings is 1. The fourth-order valence-electron chi connectivity index (χ4n) is 2.87. The van der Waals surface area contributed by atoms with Crippen molar-refractivity contribution in [2.24, 2.45) is 11.8 Å². The lowest BCUT2D eigenvalue weighted by molar-refractivity contribution is -0.139. The Labute approximate surface area is 122 Å². The third kappa shape index (κ3) is 3.83. The largest absolute Gasteiger partial charge is 0.336 e. The Balaban J connectivity index is 2.06.